The lowest BCUT2D eigenvalue weighted by atomic mass is 10.3. The number of fused-ring (bicyclic) bond motifs is 1. The van der Waals surface area contributed by atoms with Crippen LogP contribution < -0.4 is 5.76 Å². The Balaban J connectivity index is 2.43. The van der Waals surface area contributed by atoms with E-state index in [9.17, 15) is 9.59 Å². The summed E-state index contributed by atoms with van der Waals surface area (Å²) in [4.78, 5) is 22.9. The maximum atomic E-state index is 11.5. The van der Waals surface area contributed by atoms with Gasteiger partial charge < -0.3 is 9.15 Å². The number of hydrogen-bond acceptors (Lipinski definition) is 4. The Morgan fingerprint density at radius 2 is 2.29 bits per heavy atom. The van der Waals surface area contributed by atoms with Crippen molar-refractivity contribution in [2.24, 2.45) is 0 Å². The first-order chi connectivity index (χ1) is 8.11. The molecule has 0 saturated heterocycles. The second kappa shape index (κ2) is 4.63. The minimum absolute atomic E-state index is 0.165. The van der Waals surface area contributed by atoms with Gasteiger partial charge in [0.2, 0.25) is 0 Å². The van der Waals surface area contributed by atoms with Crippen molar-refractivity contribution >= 4 is 28.7 Å². The Hall–Kier alpha value is -1.75. The molecule has 1 aromatic carbocycles. The molecular weight excluding hydrogens is 246 g/mol. The molecule has 1 aromatic heterocycles. The van der Waals surface area contributed by atoms with E-state index in [1.807, 2.05) is 0 Å². The van der Waals surface area contributed by atoms with Gasteiger partial charge in [0.25, 0.3) is 0 Å². The van der Waals surface area contributed by atoms with E-state index in [2.05, 4.69) is 0 Å². The number of oxazole rings is 1. The smallest absolute Gasteiger partial charge is 0.420 e. The fraction of sp³-hybridized carbons (Fsp3) is 0.273. The molecule has 0 fully saturated rings. The molecule has 5 nitrogen and oxygen atoms in total. The third-order valence-electron chi connectivity index (χ3n) is 2.22. The third kappa shape index (κ3) is 2.34. The second-order valence-corrected chi connectivity index (χ2v) is 3.81. The van der Waals surface area contributed by atoms with Gasteiger partial charge in [-0.15, -0.1) is 0 Å². The van der Waals surface area contributed by atoms with E-state index in [-0.39, 0.29) is 13.2 Å². The van der Waals surface area contributed by atoms with Crippen molar-refractivity contribution in [1.82, 2.24) is 4.57 Å². The molecule has 6 heteroatoms. The molecule has 0 saturated carbocycles. The highest BCUT2D eigenvalue weighted by molar-refractivity contribution is 6.31. The molecule has 0 bridgehead atoms. The summed E-state index contributed by atoms with van der Waals surface area (Å²) in [5.74, 6) is -1.08. The highest BCUT2D eigenvalue weighted by Gasteiger charge is 2.13. The number of ether oxygens (including phenoxy) is 1. The average molecular weight is 256 g/mol. The number of carbonyl (C=O) groups is 1. The van der Waals surface area contributed by atoms with Crippen LogP contribution in [0.2, 0.25) is 5.02 Å². The lowest BCUT2D eigenvalue weighted by Gasteiger charge is -2.01. The fourth-order valence-corrected chi connectivity index (χ4v) is 1.69. The van der Waals surface area contributed by atoms with Gasteiger partial charge in [0, 0.05) is 11.1 Å². The summed E-state index contributed by atoms with van der Waals surface area (Å²) in [6, 6.07) is 4.78. The summed E-state index contributed by atoms with van der Waals surface area (Å²) in [6.45, 7) is 1.81. The van der Waals surface area contributed by atoms with Gasteiger partial charge in [-0.1, -0.05) is 11.6 Å². The van der Waals surface area contributed by atoms with Crippen LogP contribution in [-0.4, -0.2) is 17.1 Å². The van der Waals surface area contributed by atoms with Crippen molar-refractivity contribution in [3.8, 4) is 0 Å². The number of hydrogen-bond donors (Lipinski definition) is 0. The van der Waals surface area contributed by atoms with Crippen LogP contribution in [0.5, 0.6) is 0 Å². The molecule has 0 aliphatic heterocycles. The van der Waals surface area contributed by atoms with E-state index in [1.54, 1.807) is 19.1 Å². The third-order valence-corrected chi connectivity index (χ3v) is 2.46. The Morgan fingerprint density at radius 3 is 3.00 bits per heavy atom. The number of nitrogens with zero attached hydrogens (tertiary/aromatic N) is 1. The van der Waals surface area contributed by atoms with Crippen LogP contribution in [0.25, 0.3) is 11.1 Å². The van der Waals surface area contributed by atoms with Crippen molar-refractivity contribution in [2.75, 3.05) is 6.61 Å². The largest absolute Gasteiger partial charge is 0.465 e. The molecule has 17 heavy (non-hydrogen) atoms. The van der Waals surface area contributed by atoms with Crippen molar-refractivity contribution in [3.05, 3.63) is 33.8 Å². The second-order valence-electron chi connectivity index (χ2n) is 3.37. The number of benzene rings is 1. The molecule has 2 rings (SSSR count). The van der Waals surface area contributed by atoms with Crippen molar-refractivity contribution in [3.63, 3.8) is 0 Å². The first-order valence-corrected chi connectivity index (χ1v) is 5.44. The van der Waals surface area contributed by atoms with Crippen LogP contribution in [-0.2, 0) is 16.1 Å². The van der Waals surface area contributed by atoms with Crippen LogP contribution in [0.15, 0.2) is 27.4 Å². The van der Waals surface area contributed by atoms with E-state index in [1.165, 1.54) is 10.6 Å². The van der Waals surface area contributed by atoms with Crippen molar-refractivity contribution in [1.29, 1.82) is 0 Å². The number of esters is 1. The van der Waals surface area contributed by atoms with E-state index in [4.69, 9.17) is 20.8 Å². The molecule has 0 N–H and O–H groups in total. The van der Waals surface area contributed by atoms with Crippen LogP contribution in [0.4, 0.5) is 0 Å². The SMILES string of the molecule is CCOC(=O)Cn1c(=O)oc2cc(Cl)ccc21. The zero-order valence-electron chi connectivity index (χ0n) is 9.10. The number of rotatable bonds is 3. The minimum atomic E-state index is -0.602. The first kappa shape index (κ1) is 11.7. The first-order valence-electron chi connectivity index (χ1n) is 5.06. The van der Waals surface area contributed by atoms with Crippen LogP contribution >= 0.6 is 11.6 Å². The topological polar surface area (TPSA) is 61.4 Å². The van der Waals surface area contributed by atoms with Gasteiger partial charge in [0.05, 0.1) is 12.1 Å². The average Bonchev–Trinajstić information content (AvgIpc) is 2.55. The summed E-state index contributed by atoms with van der Waals surface area (Å²) < 4.78 is 11.0. The van der Waals surface area contributed by atoms with Crippen LogP contribution in [0, 0.1) is 0 Å². The Kier molecular flexibility index (Phi) is 3.19. The molecule has 0 unspecified atom stereocenters. The summed E-state index contributed by atoms with van der Waals surface area (Å²) in [5.41, 5.74) is 0.874. The molecule has 1 heterocycles. The summed E-state index contributed by atoms with van der Waals surface area (Å²) >= 11 is 5.77. The Morgan fingerprint density at radius 1 is 1.53 bits per heavy atom. The molecule has 0 atom stereocenters. The van der Waals surface area contributed by atoms with E-state index in [0.717, 1.165) is 0 Å². The van der Waals surface area contributed by atoms with Gasteiger partial charge >= 0.3 is 11.7 Å². The lowest BCUT2D eigenvalue weighted by molar-refractivity contribution is -0.143. The number of aromatic nitrogens is 1. The molecule has 0 radical (unpaired) electrons. The molecule has 0 spiro atoms. The van der Waals surface area contributed by atoms with Gasteiger partial charge in [-0.25, -0.2) is 4.79 Å². The van der Waals surface area contributed by atoms with Gasteiger partial charge in [0.15, 0.2) is 5.58 Å². The maximum Gasteiger partial charge on any atom is 0.420 e. The summed E-state index contributed by atoms with van der Waals surface area (Å²) in [7, 11) is 0. The zero-order valence-corrected chi connectivity index (χ0v) is 9.86. The highest BCUT2D eigenvalue weighted by Crippen LogP contribution is 2.18. The van der Waals surface area contributed by atoms with Gasteiger partial charge in [0.1, 0.15) is 6.54 Å². The maximum absolute atomic E-state index is 11.5. The molecular formula is C11H10ClNO4. The van der Waals surface area contributed by atoms with Crippen LogP contribution in [0.3, 0.4) is 0 Å². The molecule has 0 aliphatic carbocycles. The number of carbonyl (C=O) groups excluding carboxylic acids is 1. The summed E-state index contributed by atoms with van der Waals surface area (Å²) in [6.07, 6.45) is 0. The monoisotopic (exact) mass is 255 g/mol. The molecule has 2 aromatic rings. The Bertz CT molecular complexity index is 613. The van der Waals surface area contributed by atoms with Gasteiger partial charge in [-0.05, 0) is 19.1 Å². The summed E-state index contributed by atoms with van der Waals surface area (Å²) in [5, 5.41) is 0.467. The standard InChI is InChI=1S/C11H10ClNO4/c1-2-16-10(14)6-13-8-4-3-7(12)5-9(8)17-11(13)15/h3-5H,2,6H2,1H3. The van der Waals surface area contributed by atoms with Crippen molar-refractivity contribution < 1.29 is 13.9 Å². The van der Waals surface area contributed by atoms with Gasteiger partial charge in [-0.2, -0.15) is 0 Å². The molecule has 90 valence electrons. The fourth-order valence-electron chi connectivity index (χ4n) is 1.53. The minimum Gasteiger partial charge on any atom is -0.465 e. The predicted molar refractivity (Wildman–Crippen MR) is 62.1 cm³/mol. The van der Waals surface area contributed by atoms with Gasteiger partial charge in [-0.3, -0.25) is 9.36 Å². The van der Waals surface area contributed by atoms with Crippen molar-refractivity contribution in [2.45, 2.75) is 13.5 Å². The molecule has 0 amide bonds. The van der Waals surface area contributed by atoms with E-state index >= 15 is 0 Å². The normalized spacial score (nSPS) is 10.7. The predicted octanol–water partition coefficient (Wildman–Crippen LogP) is 1.81. The lowest BCUT2D eigenvalue weighted by Crippen LogP contribution is -2.21. The van der Waals surface area contributed by atoms with Crippen LogP contribution in [0.1, 0.15) is 6.92 Å². The highest BCUT2D eigenvalue weighted by atomic mass is 35.5. The van der Waals surface area contributed by atoms with E-state index < -0.39 is 11.7 Å². The van der Waals surface area contributed by atoms with E-state index in [0.29, 0.717) is 16.1 Å². The quantitative estimate of drug-likeness (QED) is 0.785. The number of halogens is 1. The Labute approximate surface area is 102 Å². The zero-order chi connectivity index (χ0) is 12.4. The molecule has 0 aliphatic rings.